The first-order chi connectivity index (χ1) is 15.6. The predicted octanol–water partition coefficient (Wildman–Crippen LogP) is 4.87. The van der Waals surface area contributed by atoms with Crippen molar-refractivity contribution in [1.82, 2.24) is 19.5 Å². The lowest BCUT2D eigenvalue weighted by molar-refractivity contribution is 0.271. The molecule has 0 unspecified atom stereocenters. The Kier molecular flexibility index (Phi) is 6.66. The topological polar surface area (TPSA) is 87.9 Å². The van der Waals surface area contributed by atoms with Crippen molar-refractivity contribution in [3.05, 3.63) is 66.5 Å². The lowest BCUT2D eigenvalue weighted by Gasteiger charge is -2.16. The average molecular weight is 431 g/mol. The summed E-state index contributed by atoms with van der Waals surface area (Å²) in [6.45, 7) is 6.85. The third-order valence-electron chi connectivity index (χ3n) is 5.52. The number of nitrogens with zero attached hydrogens (tertiary/aromatic N) is 4. The molecule has 0 radical (unpaired) electrons. The standard InChI is InChI=1S/C25H30N6O/c1-4-21(15-32)28-25-29-23(22-24(30-25)31(16-27-22)17(2)3)26-14-18-9-8-12-20(13-18)19-10-6-5-7-11-19/h5-13,16-17,21,32H,4,14-15H2,1-3H3,(H2,26,28,29,30)/t21-/m1/s1. The molecule has 0 aliphatic heterocycles. The SMILES string of the molecule is CC[C@H](CO)Nc1nc(NCc2cccc(-c3ccccc3)c2)c2ncn(C(C)C)c2n1. The van der Waals surface area contributed by atoms with Crippen molar-refractivity contribution in [1.29, 1.82) is 0 Å². The Morgan fingerprint density at radius 2 is 1.78 bits per heavy atom. The van der Waals surface area contributed by atoms with Crippen LogP contribution >= 0.6 is 0 Å². The summed E-state index contributed by atoms with van der Waals surface area (Å²) in [5, 5.41) is 16.3. The quantitative estimate of drug-likeness (QED) is 0.351. The van der Waals surface area contributed by atoms with E-state index >= 15 is 0 Å². The van der Waals surface area contributed by atoms with E-state index < -0.39 is 0 Å². The number of benzene rings is 2. The number of hydrogen-bond donors (Lipinski definition) is 3. The number of anilines is 2. The van der Waals surface area contributed by atoms with E-state index in [1.807, 2.05) is 29.7 Å². The van der Waals surface area contributed by atoms with E-state index in [9.17, 15) is 5.11 Å². The molecule has 7 heteroatoms. The predicted molar refractivity (Wildman–Crippen MR) is 130 cm³/mol. The van der Waals surface area contributed by atoms with Crippen LogP contribution in [0, 0.1) is 0 Å². The zero-order valence-electron chi connectivity index (χ0n) is 18.8. The fourth-order valence-electron chi connectivity index (χ4n) is 3.62. The van der Waals surface area contributed by atoms with Crippen LogP contribution in [0.5, 0.6) is 0 Å². The molecule has 0 bridgehead atoms. The van der Waals surface area contributed by atoms with Gasteiger partial charge in [-0.3, -0.25) is 0 Å². The number of fused-ring (bicyclic) bond motifs is 1. The molecule has 0 fully saturated rings. The van der Waals surface area contributed by atoms with E-state index in [2.05, 4.69) is 75.8 Å². The van der Waals surface area contributed by atoms with Gasteiger partial charge in [0.15, 0.2) is 17.0 Å². The summed E-state index contributed by atoms with van der Waals surface area (Å²) in [5.41, 5.74) is 5.03. The van der Waals surface area contributed by atoms with Crippen molar-refractivity contribution in [2.75, 3.05) is 17.2 Å². The van der Waals surface area contributed by atoms with Gasteiger partial charge in [0, 0.05) is 12.6 Å². The first-order valence-corrected chi connectivity index (χ1v) is 11.1. The summed E-state index contributed by atoms with van der Waals surface area (Å²) in [6.07, 6.45) is 2.58. The van der Waals surface area contributed by atoms with Crippen LogP contribution in [0.3, 0.4) is 0 Å². The van der Waals surface area contributed by atoms with Gasteiger partial charge in [0.25, 0.3) is 0 Å². The molecule has 0 amide bonds. The highest BCUT2D eigenvalue weighted by Crippen LogP contribution is 2.25. The monoisotopic (exact) mass is 430 g/mol. The summed E-state index contributed by atoms with van der Waals surface area (Å²) in [5.74, 6) is 1.16. The zero-order valence-corrected chi connectivity index (χ0v) is 18.8. The van der Waals surface area contributed by atoms with Crippen molar-refractivity contribution in [2.45, 2.75) is 45.8 Å². The molecule has 7 nitrogen and oxygen atoms in total. The third-order valence-corrected chi connectivity index (χ3v) is 5.52. The molecule has 3 N–H and O–H groups in total. The number of nitrogens with one attached hydrogen (secondary N) is 2. The van der Waals surface area contributed by atoms with Gasteiger partial charge in [0.1, 0.15) is 0 Å². The molecule has 1 atom stereocenters. The van der Waals surface area contributed by atoms with E-state index in [0.29, 0.717) is 18.3 Å². The Labute approximate surface area is 188 Å². The second-order valence-corrected chi connectivity index (χ2v) is 8.17. The van der Waals surface area contributed by atoms with Gasteiger partial charge in [-0.1, -0.05) is 55.5 Å². The van der Waals surface area contributed by atoms with Gasteiger partial charge >= 0.3 is 0 Å². The second-order valence-electron chi connectivity index (χ2n) is 8.17. The number of imidazole rings is 1. The summed E-state index contributed by atoms with van der Waals surface area (Å²) in [6, 6.07) is 18.9. The number of rotatable bonds is 9. The molecular formula is C25H30N6O. The average Bonchev–Trinajstić information content (AvgIpc) is 3.26. The molecule has 0 spiro atoms. The molecule has 2 aromatic carbocycles. The van der Waals surface area contributed by atoms with Gasteiger partial charge in [-0.15, -0.1) is 0 Å². The highest BCUT2D eigenvalue weighted by molar-refractivity contribution is 5.84. The highest BCUT2D eigenvalue weighted by atomic mass is 16.3. The number of aliphatic hydroxyl groups excluding tert-OH is 1. The van der Waals surface area contributed by atoms with E-state index in [1.54, 1.807) is 6.33 Å². The number of aliphatic hydroxyl groups is 1. The summed E-state index contributed by atoms with van der Waals surface area (Å²) >= 11 is 0. The lowest BCUT2D eigenvalue weighted by Crippen LogP contribution is -2.24. The zero-order chi connectivity index (χ0) is 22.5. The second kappa shape index (κ2) is 9.78. The molecule has 0 saturated heterocycles. The summed E-state index contributed by atoms with van der Waals surface area (Å²) in [7, 11) is 0. The van der Waals surface area contributed by atoms with Crippen molar-refractivity contribution in [3.63, 3.8) is 0 Å². The maximum Gasteiger partial charge on any atom is 0.227 e. The van der Waals surface area contributed by atoms with Crippen LogP contribution in [0.2, 0.25) is 0 Å². The Hall–Kier alpha value is -3.45. The normalized spacial score (nSPS) is 12.3. The van der Waals surface area contributed by atoms with Crippen LogP contribution in [-0.2, 0) is 6.54 Å². The van der Waals surface area contributed by atoms with Crippen molar-refractivity contribution in [2.24, 2.45) is 0 Å². The molecule has 4 rings (SSSR count). The Morgan fingerprint density at radius 3 is 2.50 bits per heavy atom. The summed E-state index contributed by atoms with van der Waals surface area (Å²) < 4.78 is 2.03. The van der Waals surface area contributed by atoms with Gasteiger partial charge in [-0.2, -0.15) is 9.97 Å². The van der Waals surface area contributed by atoms with Gasteiger partial charge in [-0.25, -0.2) is 4.98 Å². The largest absolute Gasteiger partial charge is 0.394 e. The molecular weight excluding hydrogens is 400 g/mol. The molecule has 0 saturated carbocycles. The van der Waals surface area contributed by atoms with E-state index in [1.165, 1.54) is 11.1 Å². The minimum atomic E-state index is -0.0988. The first-order valence-electron chi connectivity index (χ1n) is 11.1. The Bertz CT molecular complexity index is 1170. The van der Waals surface area contributed by atoms with Crippen LogP contribution in [0.25, 0.3) is 22.3 Å². The minimum Gasteiger partial charge on any atom is -0.394 e. The molecule has 0 aliphatic carbocycles. The van der Waals surface area contributed by atoms with Crippen LogP contribution in [0.4, 0.5) is 11.8 Å². The van der Waals surface area contributed by atoms with E-state index in [4.69, 9.17) is 0 Å². The number of aromatic nitrogens is 4. The van der Waals surface area contributed by atoms with Crippen LogP contribution < -0.4 is 10.6 Å². The van der Waals surface area contributed by atoms with E-state index in [-0.39, 0.29) is 18.7 Å². The van der Waals surface area contributed by atoms with Crippen molar-refractivity contribution < 1.29 is 5.11 Å². The van der Waals surface area contributed by atoms with Crippen LogP contribution in [-0.4, -0.2) is 37.3 Å². The highest BCUT2D eigenvalue weighted by Gasteiger charge is 2.16. The third kappa shape index (κ3) is 4.73. The summed E-state index contributed by atoms with van der Waals surface area (Å²) in [4.78, 5) is 13.9. The van der Waals surface area contributed by atoms with Gasteiger partial charge in [0.05, 0.1) is 19.0 Å². The molecule has 2 aromatic heterocycles. The van der Waals surface area contributed by atoms with Crippen molar-refractivity contribution in [3.8, 4) is 11.1 Å². The molecule has 32 heavy (non-hydrogen) atoms. The smallest absolute Gasteiger partial charge is 0.227 e. The van der Waals surface area contributed by atoms with Gasteiger partial charge in [0.2, 0.25) is 5.95 Å². The molecule has 166 valence electrons. The molecule has 4 aromatic rings. The Morgan fingerprint density at radius 1 is 1.00 bits per heavy atom. The maximum absolute atomic E-state index is 9.59. The van der Waals surface area contributed by atoms with Crippen molar-refractivity contribution >= 4 is 22.9 Å². The minimum absolute atomic E-state index is 0.0242. The lowest BCUT2D eigenvalue weighted by atomic mass is 10.0. The number of hydrogen-bond acceptors (Lipinski definition) is 6. The fourth-order valence-corrected chi connectivity index (χ4v) is 3.62. The van der Waals surface area contributed by atoms with Crippen LogP contribution in [0.1, 0.15) is 38.8 Å². The van der Waals surface area contributed by atoms with Crippen LogP contribution in [0.15, 0.2) is 60.9 Å². The van der Waals surface area contributed by atoms with E-state index in [0.717, 1.165) is 23.1 Å². The van der Waals surface area contributed by atoms with Gasteiger partial charge < -0.3 is 20.3 Å². The maximum atomic E-state index is 9.59. The Balaban J connectivity index is 1.63. The molecule has 0 aliphatic rings. The fraction of sp³-hybridized carbons (Fsp3) is 0.320. The molecule has 2 heterocycles. The first kappa shape index (κ1) is 21.8. The van der Waals surface area contributed by atoms with Gasteiger partial charge in [-0.05, 0) is 43.0 Å².